The molecule has 17 heavy (non-hydrogen) atoms. The third kappa shape index (κ3) is 4.18. The Morgan fingerprint density at radius 2 is 2.12 bits per heavy atom. The van der Waals surface area contributed by atoms with Crippen LogP contribution < -0.4 is 9.88 Å². The van der Waals surface area contributed by atoms with Gasteiger partial charge in [0.2, 0.25) is 10.0 Å². The van der Waals surface area contributed by atoms with E-state index < -0.39 is 10.0 Å². The average molecular weight is 278 g/mol. The minimum atomic E-state index is -3.83. The number of benzene rings is 1. The van der Waals surface area contributed by atoms with E-state index in [2.05, 4.69) is 0 Å². The van der Waals surface area contributed by atoms with E-state index in [1.54, 1.807) is 6.07 Å². The predicted molar refractivity (Wildman–Crippen MR) is 67.8 cm³/mol. The average Bonchev–Trinajstić information content (AvgIpc) is 2.19. The fourth-order valence-corrected chi connectivity index (χ4v) is 2.41. The van der Waals surface area contributed by atoms with Gasteiger partial charge in [-0.25, -0.2) is 13.6 Å². The normalized spacial score (nSPS) is 13.4. The van der Waals surface area contributed by atoms with Crippen molar-refractivity contribution in [2.45, 2.75) is 37.7 Å². The summed E-state index contributed by atoms with van der Waals surface area (Å²) in [4.78, 5) is -0.0760. The van der Waals surface area contributed by atoms with Gasteiger partial charge in [-0.3, -0.25) is 0 Å². The quantitative estimate of drug-likeness (QED) is 0.899. The molecule has 2 N–H and O–H groups in total. The summed E-state index contributed by atoms with van der Waals surface area (Å²) < 4.78 is 28.3. The zero-order valence-electron chi connectivity index (χ0n) is 9.81. The summed E-state index contributed by atoms with van der Waals surface area (Å²) in [6.07, 6.45) is 1.73. The van der Waals surface area contributed by atoms with Gasteiger partial charge in [0.05, 0.1) is 6.10 Å². The number of halogens is 1. The molecule has 1 unspecified atom stereocenters. The van der Waals surface area contributed by atoms with Gasteiger partial charge < -0.3 is 4.74 Å². The molecule has 1 aromatic rings. The van der Waals surface area contributed by atoms with Gasteiger partial charge >= 0.3 is 0 Å². The molecule has 0 amide bonds. The first-order chi connectivity index (χ1) is 7.84. The number of hydrogen-bond donors (Lipinski definition) is 1. The van der Waals surface area contributed by atoms with Gasteiger partial charge in [-0.1, -0.05) is 24.9 Å². The van der Waals surface area contributed by atoms with E-state index >= 15 is 0 Å². The van der Waals surface area contributed by atoms with E-state index in [0.717, 1.165) is 12.8 Å². The van der Waals surface area contributed by atoms with Crippen LogP contribution in [0, 0.1) is 0 Å². The minimum Gasteiger partial charge on any atom is -0.489 e. The Hall–Kier alpha value is -0.780. The van der Waals surface area contributed by atoms with Crippen molar-refractivity contribution >= 4 is 21.6 Å². The molecule has 0 aromatic heterocycles. The molecule has 0 aliphatic carbocycles. The zero-order chi connectivity index (χ0) is 13.1. The van der Waals surface area contributed by atoms with Crippen molar-refractivity contribution in [1.82, 2.24) is 0 Å². The number of ether oxygens (including phenoxy) is 1. The van der Waals surface area contributed by atoms with Gasteiger partial charge in [0.15, 0.2) is 0 Å². The van der Waals surface area contributed by atoms with Crippen LogP contribution in [0.3, 0.4) is 0 Å². The maximum absolute atomic E-state index is 11.4. The Labute approximate surface area is 107 Å². The summed E-state index contributed by atoms with van der Waals surface area (Å²) in [6.45, 7) is 3.91. The summed E-state index contributed by atoms with van der Waals surface area (Å²) in [5.41, 5.74) is 0. The molecular weight excluding hydrogens is 262 g/mol. The standard InChI is InChI=1S/C11H16ClNO3S/c1-3-4-8(2)16-10-6-5-9(12)7-11(10)17(13,14)15/h5-8H,3-4H2,1-2H3,(H2,13,14,15). The predicted octanol–water partition coefficient (Wildman–Crippen LogP) is 2.55. The maximum Gasteiger partial charge on any atom is 0.241 e. The third-order valence-corrected chi connectivity index (χ3v) is 3.40. The van der Waals surface area contributed by atoms with Crippen LogP contribution in [-0.4, -0.2) is 14.5 Å². The molecule has 0 aliphatic rings. The number of rotatable bonds is 5. The van der Waals surface area contributed by atoms with Gasteiger partial charge in [-0.2, -0.15) is 0 Å². The Kier molecular flexibility index (Phi) is 4.80. The first kappa shape index (κ1) is 14.3. The minimum absolute atomic E-state index is 0.0679. The van der Waals surface area contributed by atoms with Gasteiger partial charge in [-0.15, -0.1) is 0 Å². The first-order valence-electron chi connectivity index (χ1n) is 5.33. The highest BCUT2D eigenvalue weighted by atomic mass is 35.5. The lowest BCUT2D eigenvalue weighted by Gasteiger charge is -2.16. The van der Waals surface area contributed by atoms with Crippen LogP contribution in [0.2, 0.25) is 5.02 Å². The molecule has 96 valence electrons. The zero-order valence-corrected chi connectivity index (χ0v) is 11.4. The van der Waals surface area contributed by atoms with Crippen LogP contribution in [0.1, 0.15) is 26.7 Å². The molecule has 6 heteroatoms. The Morgan fingerprint density at radius 1 is 1.47 bits per heavy atom. The van der Waals surface area contributed by atoms with Gasteiger partial charge in [0.1, 0.15) is 10.6 Å². The van der Waals surface area contributed by atoms with Gasteiger partial charge in [0.25, 0.3) is 0 Å². The first-order valence-corrected chi connectivity index (χ1v) is 7.26. The molecule has 0 aliphatic heterocycles. The van der Waals surface area contributed by atoms with Crippen LogP contribution in [0.25, 0.3) is 0 Å². The summed E-state index contributed by atoms with van der Waals surface area (Å²) in [6, 6.07) is 4.39. The van der Waals surface area contributed by atoms with Gasteiger partial charge in [-0.05, 0) is 31.5 Å². The monoisotopic (exact) mass is 277 g/mol. The molecule has 0 fully saturated rings. The highest BCUT2D eigenvalue weighted by molar-refractivity contribution is 7.89. The van der Waals surface area contributed by atoms with E-state index in [9.17, 15) is 8.42 Å². The van der Waals surface area contributed by atoms with E-state index in [4.69, 9.17) is 21.5 Å². The highest BCUT2D eigenvalue weighted by Crippen LogP contribution is 2.27. The van der Waals surface area contributed by atoms with Crippen molar-refractivity contribution in [3.8, 4) is 5.75 Å². The number of hydrogen-bond acceptors (Lipinski definition) is 3. The van der Waals surface area contributed by atoms with E-state index in [1.807, 2.05) is 13.8 Å². The highest BCUT2D eigenvalue weighted by Gasteiger charge is 2.17. The second-order valence-electron chi connectivity index (χ2n) is 3.85. The van der Waals surface area contributed by atoms with Crippen LogP contribution in [0.4, 0.5) is 0 Å². The van der Waals surface area contributed by atoms with Crippen molar-refractivity contribution in [2.75, 3.05) is 0 Å². The molecule has 0 heterocycles. The Bertz CT molecular complexity index is 487. The summed E-state index contributed by atoms with van der Waals surface area (Å²) in [5.74, 6) is 0.248. The van der Waals surface area contributed by atoms with Crippen LogP contribution >= 0.6 is 11.6 Å². The molecule has 4 nitrogen and oxygen atoms in total. The summed E-state index contributed by atoms with van der Waals surface area (Å²) >= 11 is 5.75. The Morgan fingerprint density at radius 3 is 2.65 bits per heavy atom. The lowest BCUT2D eigenvalue weighted by atomic mass is 10.2. The van der Waals surface area contributed by atoms with Crippen molar-refractivity contribution < 1.29 is 13.2 Å². The molecule has 1 aromatic carbocycles. The number of sulfonamides is 1. The molecule has 0 bridgehead atoms. The number of nitrogens with two attached hydrogens (primary N) is 1. The van der Waals surface area contributed by atoms with E-state index in [-0.39, 0.29) is 16.7 Å². The second-order valence-corrected chi connectivity index (χ2v) is 5.82. The van der Waals surface area contributed by atoms with Gasteiger partial charge in [0, 0.05) is 5.02 Å². The number of primary sulfonamides is 1. The van der Waals surface area contributed by atoms with Crippen molar-refractivity contribution in [2.24, 2.45) is 5.14 Å². The van der Waals surface area contributed by atoms with Crippen LogP contribution in [0.15, 0.2) is 23.1 Å². The van der Waals surface area contributed by atoms with Crippen LogP contribution in [0.5, 0.6) is 5.75 Å². The smallest absolute Gasteiger partial charge is 0.241 e. The molecule has 0 radical (unpaired) electrons. The summed E-state index contributed by atoms with van der Waals surface area (Å²) in [5, 5.41) is 5.42. The van der Waals surface area contributed by atoms with Crippen molar-refractivity contribution in [1.29, 1.82) is 0 Å². The SMILES string of the molecule is CCCC(C)Oc1ccc(Cl)cc1S(N)(=O)=O. The topological polar surface area (TPSA) is 69.4 Å². The molecule has 0 spiro atoms. The molecule has 1 rings (SSSR count). The van der Waals surface area contributed by atoms with E-state index in [1.165, 1.54) is 12.1 Å². The molecule has 0 saturated heterocycles. The largest absolute Gasteiger partial charge is 0.489 e. The fraction of sp³-hybridized carbons (Fsp3) is 0.455. The van der Waals surface area contributed by atoms with Crippen LogP contribution in [-0.2, 0) is 10.0 Å². The van der Waals surface area contributed by atoms with Crippen molar-refractivity contribution in [3.05, 3.63) is 23.2 Å². The maximum atomic E-state index is 11.4. The molecule has 0 saturated carbocycles. The van der Waals surface area contributed by atoms with Crippen molar-refractivity contribution in [3.63, 3.8) is 0 Å². The van der Waals surface area contributed by atoms with E-state index in [0.29, 0.717) is 5.02 Å². The lowest BCUT2D eigenvalue weighted by molar-refractivity contribution is 0.204. The third-order valence-electron chi connectivity index (χ3n) is 2.24. The molecular formula is C11H16ClNO3S. The summed E-state index contributed by atoms with van der Waals surface area (Å²) in [7, 11) is -3.83. The fourth-order valence-electron chi connectivity index (χ4n) is 1.48. The second kappa shape index (κ2) is 5.71. The molecule has 1 atom stereocenters. The Balaban J connectivity index is 3.07. The lowest BCUT2D eigenvalue weighted by Crippen LogP contribution is -2.17.